The Kier molecular flexibility index (Phi) is 6.54. The summed E-state index contributed by atoms with van der Waals surface area (Å²) < 4.78 is 31.7. The van der Waals surface area contributed by atoms with Gasteiger partial charge in [-0.05, 0) is 42.7 Å². The predicted molar refractivity (Wildman–Crippen MR) is 120 cm³/mol. The number of amides is 2. The Labute approximate surface area is 182 Å². The zero-order valence-corrected chi connectivity index (χ0v) is 18.8. The van der Waals surface area contributed by atoms with Gasteiger partial charge in [-0.1, -0.05) is 32.0 Å². The van der Waals surface area contributed by atoms with Gasteiger partial charge in [0.05, 0.1) is 29.7 Å². The fourth-order valence-electron chi connectivity index (χ4n) is 3.21. The number of hydrogen-bond donors (Lipinski definition) is 2. The minimum atomic E-state index is -3.62. The predicted octanol–water partition coefficient (Wildman–Crippen LogP) is 2.55. The van der Waals surface area contributed by atoms with Crippen LogP contribution < -0.4 is 19.7 Å². The third kappa shape index (κ3) is 5.35. The number of benzene rings is 2. The third-order valence-electron chi connectivity index (χ3n) is 4.78. The second kappa shape index (κ2) is 8.97. The fourth-order valence-corrected chi connectivity index (χ4v) is 4.11. The molecule has 31 heavy (non-hydrogen) atoms. The van der Waals surface area contributed by atoms with Gasteiger partial charge in [-0.2, -0.15) is 0 Å². The number of anilines is 2. The van der Waals surface area contributed by atoms with Crippen LogP contribution in [0.25, 0.3) is 0 Å². The number of hydrogen-bond acceptors (Lipinski definition) is 5. The molecule has 0 aliphatic carbocycles. The van der Waals surface area contributed by atoms with Crippen LogP contribution in [-0.4, -0.2) is 45.7 Å². The van der Waals surface area contributed by atoms with E-state index in [1.807, 2.05) is 20.8 Å². The van der Waals surface area contributed by atoms with E-state index >= 15 is 0 Å². The van der Waals surface area contributed by atoms with E-state index in [-0.39, 0.29) is 18.4 Å². The Morgan fingerprint density at radius 1 is 1.19 bits per heavy atom. The molecule has 2 N–H and O–H groups in total. The van der Waals surface area contributed by atoms with Gasteiger partial charge >= 0.3 is 0 Å². The fraction of sp³-hybridized carbons (Fsp3) is 0.364. The van der Waals surface area contributed by atoms with Crippen molar-refractivity contribution in [2.24, 2.45) is 5.92 Å². The van der Waals surface area contributed by atoms with E-state index in [1.54, 1.807) is 42.5 Å². The lowest BCUT2D eigenvalue weighted by molar-refractivity contribution is -0.122. The van der Waals surface area contributed by atoms with E-state index in [0.717, 1.165) is 11.8 Å². The molecular formula is C22H27N3O5S. The van der Waals surface area contributed by atoms with Crippen molar-refractivity contribution in [2.45, 2.75) is 26.9 Å². The molecule has 0 spiro atoms. The van der Waals surface area contributed by atoms with Crippen molar-refractivity contribution in [1.29, 1.82) is 0 Å². The van der Waals surface area contributed by atoms with Crippen molar-refractivity contribution < 1.29 is 22.7 Å². The third-order valence-corrected chi connectivity index (χ3v) is 5.92. The highest BCUT2D eigenvalue weighted by atomic mass is 32.2. The first kappa shape index (κ1) is 22.6. The van der Waals surface area contributed by atoms with Crippen LogP contribution >= 0.6 is 0 Å². The van der Waals surface area contributed by atoms with E-state index < -0.39 is 22.0 Å². The number of sulfonamides is 1. The van der Waals surface area contributed by atoms with Gasteiger partial charge in [0.15, 0.2) is 6.10 Å². The van der Waals surface area contributed by atoms with E-state index in [4.69, 9.17) is 4.74 Å². The summed E-state index contributed by atoms with van der Waals surface area (Å²) in [4.78, 5) is 25.5. The van der Waals surface area contributed by atoms with Gasteiger partial charge in [0, 0.05) is 6.54 Å². The summed E-state index contributed by atoms with van der Waals surface area (Å²) in [6.07, 6.45) is 0.0185. The van der Waals surface area contributed by atoms with Gasteiger partial charge < -0.3 is 15.4 Å². The number of carbonyl (C=O) groups is 2. The molecule has 8 nitrogen and oxygen atoms in total. The lowest BCUT2D eigenvalue weighted by atomic mass is 10.1. The number of nitrogens with one attached hydrogen (secondary N) is 2. The zero-order chi connectivity index (χ0) is 22.8. The molecule has 0 fully saturated rings. The van der Waals surface area contributed by atoms with Gasteiger partial charge in [-0.15, -0.1) is 0 Å². The molecule has 166 valence electrons. The van der Waals surface area contributed by atoms with Crippen LogP contribution in [0.1, 0.15) is 29.8 Å². The summed E-state index contributed by atoms with van der Waals surface area (Å²) in [6, 6.07) is 11.8. The Morgan fingerprint density at radius 3 is 2.58 bits per heavy atom. The van der Waals surface area contributed by atoms with E-state index in [2.05, 4.69) is 10.6 Å². The molecule has 0 saturated carbocycles. The first-order valence-electron chi connectivity index (χ1n) is 9.99. The van der Waals surface area contributed by atoms with Crippen molar-refractivity contribution >= 4 is 33.2 Å². The van der Waals surface area contributed by atoms with Gasteiger partial charge in [0.2, 0.25) is 10.0 Å². The van der Waals surface area contributed by atoms with Gasteiger partial charge in [0.25, 0.3) is 11.8 Å². The Balaban J connectivity index is 1.83. The lowest BCUT2D eigenvalue weighted by Crippen LogP contribution is -2.48. The standard InChI is InChI=1S/C22H27N3O5S/c1-14(2)12-23-21(26)16-7-5-6-8-17(16)24-22(27)20-13-25(31(4,28)29)18-11-15(3)9-10-19(18)30-20/h5-11,14,20H,12-13H2,1-4H3,(H,23,26)(H,24,27). The van der Waals surface area contributed by atoms with E-state index in [0.29, 0.717) is 29.2 Å². The molecule has 9 heteroatoms. The van der Waals surface area contributed by atoms with Crippen molar-refractivity contribution in [2.75, 3.05) is 29.0 Å². The number of carbonyl (C=O) groups excluding carboxylic acids is 2. The molecule has 0 radical (unpaired) electrons. The van der Waals surface area contributed by atoms with E-state index in [9.17, 15) is 18.0 Å². The first-order chi connectivity index (χ1) is 14.6. The van der Waals surface area contributed by atoms with Gasteiger partial charge in [0.1, 0.15) is 5.75 Å². The lowest BCUT2D eigenvalue weighted by Gasteiger charge is -2.34. The molecule has 1 heterocycles. The summed E-state index contributed by atoms with van der Waals surface area (Å²) in [5.74, 6) is -0.242. The second-order valence-electron chi connectivity index (χ2n) is 8.01. The number of fused-ring (bicyclic) bond motifs is 1. The highest BCUT2D eigenvalue weighted by Gasteiger charge is 2.35. The van der Waals surface area contributed by atoms with Crippen LogP contribution in [0.15, 0.2) is 42.5 Å². The van der Waals surface area contributed by atoms with Crippen LogP contribution in [0.4, 0.5) is 11.4 Å². The average molecular weight is 446 g/mol. The Morgan fingerprint density at radius 2 is 1.90 bits per heavy atom. The number of nitrogens with zero attached hydrogens (tertiary/aromatic N) is 1. The number of aryl methyl sites for hydroxylation is 1. The SMILES string of the molecule is Cc1ccc2c(c1)N(S(C)(=O)=O)CC(C(=O)Nc1ccccc1C(=O)NCC(C)C)O2. The average Bonchev–Trinajstić information content (AvgIpc) is 2.70. The maximum Gasteiger partial charge on any atom is 0.267 e. The van der Waals surface area contributed by atoms with Crippen molar-refractivity contribution in [3.63, 3.8) is 0 Å². The summed E-state index contributed by atoms with van der Waals surface area (Å²) in [7, 11) is -3.62. The molecular weight excluding hydrogens is 418 g/mol. The molecule has 0 saturated heterocycles. The minimum Gasteiger partial charge on any atom is -0.476 e. The molecule has 1 aliphatic heterocycles. The Hall–Kier alpha value is -3.07. The maximum absolute atomic E-state index is 13.0. The molecule has 1 atom stereocenters. The molecule has 2 aromatic carbocycles. The normalized spacial score (nSPS) is 15.8. The molecule has 0 aromatic heterocycles. The van der Waals surface area contributed by atoms with Gasteiger partial charge in [-0.3, -0.25) is 13.9 Å². The minimum absolute atomic E-state index is 0.164. The summed E-state index contributed by atoms with van der Waals surface area (Å²) in [5.41, 5.74) is 1.93. The molecule has 3 rings (SSSR count). The maximum atomic E-state index is 13.0. The van der Waals surface area contributed by atoms with Crippen molar-refractivity contribution in [3.8, 4) is 5.75 Å². The first-order valence-corrected chi connectivity index (χ1v) is 11.8. The smallest absolute Gasteiger partial charge is 0.267 e. The summed E-state index contributed by atoms with van der Waals surface area (Å²) >= 11 is 0. The largest absolute Gasteiger partial charge is 0.476 e. The monoisotopic (exact) mass is 445 g/mol. The zero-order valence-electron chi connectivity index (χ0n) is 18.0. The van der Waals surface area contributed by atoms with Crippen LogP contribution in [0.2, 0.25) is 0 Å². The number of para-hydroxylation sites is 1. The molecule has 1 aliphatic rings. The van der Waals surface area contributed by atoms with Crippen LogP contribution in [-0.2, 0) is 14.8 Å². The molecule has 2 aromatic rings. The quantitative estimate of drug-likeness (QED) is 0.711. The van der Waals surface area contributed by atoms with E-state index in [1.165, 1.54) is 4.31 Å². The van der Waals surface area contributed by atoms with Crippen LogP contribution in [0.5, 0.6) is 5.75 Å². The second-order valence-corrected chi connectivity index (χ2v) is 9.92. The van der Waals surface area contributed by atoms with Crippen LogP contribution in [0.3, 0.4) is 0 Å². The Bertz CT molecular complexity index is 1100. The van der Waals surface area contributed by atoms with Crippen molar-refractivity contribution in [3.05, 3.63) is 53.6 Å². The summed E-state index contributed by atoms with van der Waals surface area (Å²) in [6.45, 7) is 6.17. The van der Waals surface area contributed by atoms with Crippen LogP contribution in [0, 0.1) is 12.8 Å². The summed E-state index contributed by atoms with van der Waals surface area (Å²) in [5, 5.41) is 5.54. The molecule has 0 bridgehead atoms. The highest BCUT2D eigenvalue weighted by Crippen LogP contribution is 2.36. The van der Waals surface area contributed by atoms with Gasteiger partial charge in [-0.25, -0.2) is 8.42 Å². The number of rotatable bonds is 6. The topological polar surface area (TPSA) is 105 Å². The van der Waals surface area contributed by atoms with Crippen molar-refractivity contribution in [1.82, 2.24) is 5.32 Å². The molecule has 2 amide bonds. The number of ether oxygens (including phenoxy) is 1. The highest BCUT2D eigenvalue weighted by molar-refractivity contribution is 7.92. The molecule has 1 unspecified atom stereocenters.